The number of ether oxygens (including phenoxy) is 3. The van der Waals surface area contributed by atoms with Gasteiger partial charge in [0.05, 0.1) is 19.6 Å². The zero-order valence-electron chi connectivity index (χ0n) is 15.4. The molecule has 0 aromatic heterocycles. The van der Waals surface area contributed by atoms with Crippen LogP contribution in [-0.4, -0.2) is 26.2 Å². The first-order valence-electron chi connectivity index (χ1n) is 8.81. The highest BCUT2D eigenvalue weighted by molar-refractivity contribution is 5.88. The quantitative estimate of drug-likeness (QED) is 0.441. The van der Waals surface area contributed by atoms with Crippen molar-refractivity contribution >= 4 is 18.0 Å². The third-order valence-corrected chi connectivity index (χ3v) is 4.93. The van der Waals surface area contributed by atoms with E-state index in [-0.39, 0.29) is 5.97 Å². The van der Waals surface area contributed by atoms with Crippen LogP contribution in [-0.2, 0) is 19.7 Å². The van der Waals surface area contributed by atoms with E-state index in [9.17, 15) is 9.59 Å². The van der Waals surface area contributed by atoms with E-state index in [1.807, 2.05) is 30.3 Å². The number of rotatable bonds is 6. The molecule has 2 aromatic rings. The molecule has 0 atom stereocenters. The van der Waals surface area contributed by atoms with Crippen molar-refractivity contribution in [3.8, 4) is 11.5 Å². The van der Waals surface area contributed by atoms with Crippen molar-refractivity contribution in [2.24, 2.45) is 0 Å². The van der Waals surface area contributed by atoms with Gasteiger partial charge in [-0.1, -0.05) is 42.8 Å². The van der Waals surface area contributed by atoms with Gasteiger partial charge >= 0.3 is 11.9 Å². The summed E-state index contributed by atoms with van der Waals surface area (Å²) in [5.41, 5.74) is 1.13. The molecule has 5 heteroatoms. The van der Waals surface area contributed by atoms with Gasteiger partial charge in [0, 0.05) is 6.08 Å². The molecule has 0 unspecified atom stereocenters. The Hall–Kier alpha value is -3.08. The molecule has 27 heavy (non-hydrogen) atoms. The van der Waals surface area contributed by atoms with Crippen LogP contribution in [0, 0.1) is 0 Å². The molecule has 0 bridgehead atoms. The standard InChI is InChI=1S/C22H22O5/c1-25-19-15-16(10-12-20(23)26-2)9-11-18(19)27-21(24)22(13-6-14-22)17-7-4-3-5-8-17/h3-5,7-12,15H,6,13-14H2,1-2H3/b12-10+. The second-order valence-corrected chi connectivity index (χ2v) is 6.46. The first-order valence-corrected chi connectivity index (χ1v) is 8.81. The lowest BCUT2D eigenvalue weighted by atomic mass is 9.64. The minimum absolute atomic E-state index is 0.267. The number of hydrogen-bond donors (Lipinski definition) is 0. The fourth-order valence-corrected chi connectivity index (χ4v) is 3.20. The Kier molecular flexibility index (Phi) is 5.60. The Morgan fingerprint density at radius 2 is 1.74 bits per heavy atom. The van der Waals surface area contributed by atoms with Crippen molar-refractivity contribution in [2.75, 3.05) is 14.2 Å². The van der Waals surface area contributed by atoms with Gasteiger partial charge in [-0.25, -0.2) is 4.79 Å². The van der Waals surface area contributed by atoms with Crippen LogP contribution in [0.25, 0.3) is 6.08 Å². The van der Waals surface area contributed by atoms with Gasteiger partial charge in [0.1, 0.15) is 0 Å². The van der Waals surface area contributed by atoms with Crippen LogP contribution in [0.15, 0.2) is 54.6 Å². The molecule has 3 rings (SSSR count). The number of carbonyl (C=O) groups excluding carboxylic acids is 2. The van der Waals surface area contributed by atoms with Crippen LogP contribution >= 0.6 is 0 Å². The molecule has 140 valence electrons. The Bertz CT molecular complexity index is 850. The lowest BCUT2D eigenvalue weighted by Crippen LogP contribution is -2.45. The van der Waals surface area contributed by atoms with Crippen LogP contribution in [0.2, 0.25) is 0 Å². The molecule has 1 saturated carbocycles. The molecule has 0 saturated heterocycles. The molecular formula is C22H22O5. The molecule has 1 aliphatic carbocycles. The average Bonchev–Trinajstić information content (AvgIpc) is 2.66. The Labute approximate surface area is 158 Å². The first-order chi connectivity index (χ1) is 13.1. The van der Waals surface area contributed by atoms with Crippen molar-refractivity contribution in [3.63, 3.8) is 0 Å². The monoisotopic (exact) mass is 366 g/mol. The van der Waals surface area contributed by atoms with E-state index in [1.54, 1.807) is 24.3 Å². The van der Waals surface area contributed by atoms with E-state index >= 15 is 0 Å². The summed E-state index contributed by atoms with van der Waals surface area (Å²) < 4.78 is 15.7. The summed E-state index contributed by atoms with van der Waals surface area (Å²) in [4.78, 5) is 24.2. The number of hydrogen-bond acceptors (Lipinski definition) is 5. The highest BCUT2D eigenvalue weighted by atomic mass is 16.6. The maximum atomic E-state index is 13.0. The van der Waals surface area contributed by atoms with Crippen molar-refractivity contribution in [3.05, 3.63) is 65.7 Å². The van der Waals surface area contributed by atoms with E-state index in [0.717, 1.165) is 30.4 Å². The first kappa shape index (κ1) is 18.7. The highest BCUT2D eigenvalue weighted by Gasteiger charge is 2.47. The Morgan fingerprint density at radius 3 is 2.33 bits per heavy atom. The zero-order valence-corrected chi connectivity index (χ0v) is 15.4. The summed E-state index contributed by atoms with van der Waals surface area (Å²) in [6.45, 7) is 0. The van der Waals surface area contributed by atoms with Gasteiger partial charge in [0.25, 0.3) is 0 Å². The molecule has 0 aliphatic heterocycles. The average molecular weight is 366 g/mol. The van der Waals surface area contributed by atoms with Gasteiger partial charge in [-0.15, -0.1) is 0 Å². The van der Waals surface area contributed by atoms with Crippen LogP contribution in [0.5, 0.6) is 11.5 Å². The third-order valence-electron chi connectivity index (χ3n) is 4.93. The van der Waals surface area contributed by atoms with Crippen molar-refractivity contribution in [1.82, 2.24) is 0 Å². The second-order valence-electron chi connectivity index (χ2n) is 6.46. The molecule has 0 spiro atoms. The van der Waals surface area contributed by atoms with Gasteiger partial charge in [-0.2, -0.15) is 0 Å². The molecule has 2 aromatic carbocycles. The van der Waals surface area contributed by atoms with Crippen molar-refractivity contribution in [2.45, 2.75) is 24.7 Å². The number of benzene rings is 2. The highest BCUT2D eigenvalue weighted by Crippen LogP contribution is 2.45. The smallest absolute Gasteiger partial charge is 0.330 e. The predicted molar refractivity (Wildman–Crippen MR) is 102 cm³/mol. The fraction of sp³-hybridized carbons (Fsp3) is 0.273. The zero-order chi connectivity index (χ0) is 19.3. The Balaban J connectivity index is 1.81. The summed E-state index contributed by atoms with van der Waals surface area (Å²) in [7, 11) is 2.83. The van der Waals surface area contributed by atoms with Gasteiger partial charge in [-0.05, 0) is 42.2 Å². The molecule has 5 nitrogen and oxygen atoms in total. The summed E-state index contributed by atoms with van der Waals surface area (Å²) in [6.07, 6.45) is 5.48. The van der Waals surface area contributed by atoms with Crippen molar-refractivity contribution in [1.29, 1.82) is 0 Å². The molecule has 1 fully saturated rings. The summed E-state index contributed by atoms with van der Waals surface area (Å²) in [6, 6.07) is 14.9. The number of methoxy groups -OCH3 is 2. The Morgan fingerprint density at radius 1 is 1.00 bits per heavy atom. The second kappa shape index (κ2) is 8.08. The molecular weight excluding hydrogens is 344 g/mol. The maximum Gasteiger partial charge on any atom is 0.330 e. The van der Waals surface area contributed by atoms with Crippen LogP contribution in [0.4, 0.5) is 0 Å². The molecule has 0 radical (unpaired) electrons. The van der Waals surface area contributed by atoms with Crippen LogP contribution in [0.3, 0.4) is 0 Å². The van der Waals surface area contributed by atoms with Gasteiger partial charge in [-0.3, -0.25) is 4.79 Å². The fourth-order valence-electron chi connectivity index (χ4n) is 3.20. The van der Waals surface area contributed by atoms with E-state index < -0.39 is 11.4 Å². The largest absolute Gasteiger partial charge is 0.493 e. The lowest BCUT2D eigenvalue weighted by Gasteiger charge is -2.39. The summed E-state index contributed by atoms with van der Waals surface area (Å²) in [5, 5.41) is 0. The maximum absolute atomic E-state index is 13.0. The SMILES string of the molecule is COC(=O)/C=C/c1ccc(OC(=O)C2(c3ccccc3)CCC2)c(OC)c1. The third kappa shape index (κ3) is 3.87. The molecule has 0 N–H and O–H groups in total. The number of carbonyl (C=O) groups is 2. The summed E-state index contributed by atoms with van der Waals surface area (Å²) >= 11 is 0. The van der Waals surface area contributed by atoms with Gasteiger partial charge in [0.2, 0.25) is 0 Å². The van der Waals surface area contributed by atoms with Crippen LogP contribution in [0.1, 0.15) is 30.4 Å². The van der Waals surface area contributed by atoms with E-state index in [0.29, 0.717) is 11.5 Å². The predicted octanol–water partition coefficient (Wildman–Crippen LogP) is 3.91. The van der Waals surface area contributed by atoms with Crippen molar-refractivity contribution < 1.29 is 23.8 Å². The van der Waals surface area contributed by atoms with Gasteiger partial charge in [0.15, 0.2) is 11.5 Å². The van der Waals surface area contributed by atoms with Gasteiger partial charge < -0.3 is 14.2 Å². The minimum Gasteiger partial charge on any atom is -0.493 e. The minimum atomic E-state index is -0.588. The molecule has 0 amide bonds. The molecule has 1 aliphatic rings. The molecule has 0 heterocycles. The van der Waals surface area contributed by atoms with E-state index in [4.69, 9.17) is 9.47 Å². The summed E-state index contributed by atoms with van der Waals surface area (Å²) in [5.74, 6) is 0.0770. The number of esters is 2. The van der Waals surface area contributed by atoms with E-state index in [2.05, 4.69) is 4.74 Å². The lowest BCUT2D eigenvalue weighted by molar-refractivity contribution is -0.144. The van der Waals surface area contributed by atoms with Crippen LogP contribution < -0.4 is 9.47 Å². The normalized spacial score (nSPS) is 15.0. The topological polar surface area (TPSA) is 61.8 Å². The van der Waals surface area contributed by atoms with E-state index in [1.165, 1.54) is 20.3 Å².